The Bertz CT molecular complexity index is 556. The Morgan fingerprint density at radius 1 is 1.00 bits per heavy atom. The molecular weight excluding hydrogens is 264 g/mol. The first-order valence-electron chi connectivity index (χ1n) is 5.46. The van der Waals surface area contributed by atoms with E-state index in [-0.39, 0.29) is 18.2 Å². The van der Waals surface area contributed by atoms with Gasteiger partial charge < -0.3 is 15.2 Å². The summed E-state index contributed by atoms with van der Waals surface area (Å²) < 4.78 is 10.9. The van der Waals surface area contributed by atoms with Crippen molar-refractivity contribution in [3.63, 3.8) is 0 Å². The van der Waals surface area contributed by atoms with Crippen molar-refractivity contribution in [3.8, 4) is 17.2 Å². The molecule has 0 fully saturated rings. The molecule has 2 aromatic carbocycles. The molecule has 0 aromatic heterocycles. The Morgan fingerprint density at radius 2 is 1.58 bits per heavy atom. The van der Waals surface area contributed by atoms with E-state index in [1.54, 1.807) is 31.4 Å². The van der Waals surface area contributed by atoms with Crippen LogP contribution in [0.5, 0.6) is 17.2 Å². The van der Waals surface area contributed by atoms with E-state index in [0.717, 1.165) is 0 Å². The van der Waals surface area contributed by atoms with Gasteiger partial charge in [0.15, 0.2) is 11.5 Å². The largest absolute Gasteiger partial charge is 0.493 e. The molecule has 0 amide bonds. The number of methoxy groups -OCH3 is 1. The zero-order valence-electron chi connectivity index (χ0n) is 10.4. The van der Waals surface area contributed by atoms with E-state index in [4.69, 9.17) is 20.6 Å². The zero-order chi connectivity index (χ0) is 13.0. The van der Waals surface area contributed by atoms with Crippen molar-refractivity contribution < 1.29 is 9.47 Å². The molecule has 0 spiro atoms. The maximum Gasteiger partial charge on any atom is 0.169 e. The summed E-state index contributed by atoms with van der Waals surface area (Å²) in [7, 11) is 1.60. The highest BCUT2D eigenvalue weighted by atomic mass is 35.5. The van der Waals surface area contributed by atoms with Gasteiger partial charge in [-0.25, -0.2) is 0 Å². The highest BCUT2D eigenvalue weighted by molar-refractivity contribution is 5.94. The van der Waals surface area contributed by atoms with Gasteiger partial charge in [0.1, 0.15) is 11.6 Å². The van der Waals surface area contributed by atoms with Gasteiger partial charge in [-0.05, 0) is 36.4 Å². The molecule has 0 saturated carbocycles. The van der Waals surface area contributed by atoms with Crippen molar-refractivity contribution in [1.82, 2.24) is 0 Å². The molecule has 0 aliphatic rings. The Morgan fingerprint density at radius 3 is 2.11 bits per heavy atom. The van der Waals surface area contributed by atoms with Crippen molar-refractivity contribution in [1.29, 1.82) is 5.41 Å². The third-order valence-corrected chi connectivity index (χ3v) is 2.46. The first-order chi connectivity index (χ1) is 8.70. The molecule has 0 heterocycles. The quantitative estimate of drug-likeness (QED) is 0.667. The van der Waals surface area contributed by atoms with Crippen LogP contribution in [0.2, 0.25) is 0 Å². The standard InChI is InChI=1S/C14H14N2O2.ClH/c1-17-12-4-2-3-5-13(12)18-11-8-6-10(7-9-11)14(15)16;/h2-9H,1H3,(H3,15,16);1H. The summed E-state index contributed by atoms with van der Waals surface area (Å²) >= 11 is 0. The molecule has 0 atom stereocenters. The summed E-state index contributed by atoms with van der Waals surface area (Å²) in [6.45, 7) is 0. The molecule has 0 saturated heterocycles. The minimum absolute atomic E-state index is 0. The predicted molar refractivity (Wildman–Crippen MR) is 77.8 cm³/mol. The maximum absolute atomic E-state index is 7.31. The van der Waals surface area contributed by atoms with Crippen LogP contribution in [-0.4, -0.2) is 12.9 Å². The Balaban J connectivity index is 0.00000180. The van der Waals surface area contributed by atoms with Gasteiger partial charge in [-0.2, -0.15) is 0 Å². The topological polar surface area (TPSA) is 68.3 Å². The van der Waals surface area contributed by atoms with Gasteiger partial charge >= 0.3 is 0 Å². The summed E-state index contributed by atoms with van der Waals surface area (Å²) in [6, 6.07) is 14.4. The van der Waals surface area contributed by atoms with Crippen LogP contribution in [0, 0.1) is 5.41 Å². The number of nitrogen functional groups attached to an aromatic ring is 1. The summed E-state index contributed by atoms with van der Waals surface area (Å²) in [4.78, 5) is 0. The van der Waals surface area contributed by atoms with E-state index in [1.165, 1.54) is 0 Å². The van der Waals surface area contributed by atoms with E-state index in [0.29, 0.717) is 22.8 Å². The fourth-order valence-corrected chi connectivity index (χ4v) is 1.53. The van der Waals surface area contributed by atoms with Crippen molar-refractivity contribution in [3.05, 3.63) is 54.1 Å². The van der Waals surface area contributed by atoms with E-state index in [9.17, 15) is 0 Å². The lowest BCUT2D eigenvalue weighted by atomic mass is 10.2. The molecule has 2 rings (SSSR count). The van der Waals surface area contributed by atoms with Crippen LogP contribution in [0.4, 0.5) is 0 Å². The highest BCUT2D eigenvalue weighted by Crippen LogP contribution is 2.30. The van der Waals surface area contributed by atoms with Crippen LogP contribution in [-0.2, 0) is 0 Å². The molecule has 0 unspecified atom stereocenters. The van der Waals surface area contributed by atoms with E-state index in [2.05, 4.69) is 0 Å². The Labute approximate surface area is 118 Å². The number of para-hydroxylation sites is 2. The number of amidine groups is 1. The van der Waals surface area contributed by atoms with Crippen molar-refractivity contribution in [2.75, 3.05) is 7.11 Å². The van der Waals surface area contributed by atoms with E-state index in [1.807, 2.05) is 24.3 Å². The van der Waals surface area contributed by atoms with Gasteiger partial charge in [-0.3, -0.25) is 5.41 Å². The molecule has 100 valence electrons. The normalized spacial score (nSPS) is 9.32. The summed E-state index contributed by atoms with van der Waals surface area (Å²) in [6.07, 6.45) is 0. The van der Waals surface area contributed by atoms with E-state index < -0.39 is 0 Å². The Hall–Kier alpha value is -2.20. The summed E-state index contributed by atoms with van der Waals surface area (Å²) in [5, 5.41) is 7.31. The third kappa shape index (κ3) is 3.63. The number of hydrogen-bond acceptors (Lipinski definition) is 3. The predicted octanol–water partition coefficient (Wildman–Crippen LogP) is 3.19. The minimum Gasteiger partial charge on any atom is -0.493 e. The second-order valence-electron chi connectivity index (χ2n) is 3.69. The van der Waals surface area contributed by atoms with Gasteiger partial charge in [0.05, 0.1) is 7.11 Å². The maximum atomic E-state index is 7.31. The number of ether oxygens (including phenoxy) is 2. The van der Waals surface area contributed by atoms with Crippen LogP contribution < -0.4 is 15.2 Å². The number of halogens is 1. The molecule has 2 aromatic rings. The average molecular weight is 279 g/mol. The van der Waals surface area contributed by atoms with Crippen molar-refractivity contribution >= 4 is 18.2 Å². The fourth-order valence-electron chi connectivity index (χ4n) is 1.53. The lowest BCUT2D eigenvalue weighted by Crippen LogP contribution is -2.10. The SMILES string of the molecule is COc1ccccc1Oc1ccc(C(=N)N)cc1.Cl. The van der Waals surface area contributed by atoms with Crippen LogP contribution in [0.3, 0.4) is 0 Å². The first-order valence-corrected chi connectivity index (χ1v) is 5.46. The number of hydrogen-bond donors (Lipinski definition) is 2. The fraction of sp³-hybridized carbons (Fsp3) is 0.0714. The Kier molecular flexibility index (Phi) is 5.21. The lowest BCUT2D eigenvalue weighted by Gasteiger charge is -2.10. The summed E-state index contributed by atoms with van der Waals surface area (Å²) in [5.41, 5.74) is 6.05. The lowest BCUT2D eigenvalue weighted by molar-refractivity contribution is 0.379. The molecule has 0 aliphatic carbocycles. The summed E-state index contributed by atoms with van der Waals surface area (Å²) in [5.74, 6) is 2.03. The monoisotopic (exact) mass is 278 g/mol. The highest BCUT2D eigenvalue weighted by Gasteiger charge is 2.04. The molecular formula is C14H15ClN2O2. The van der Waals surface area contributed by atoms with Gasteiger partial charge in [-0.1, -0.05) is 12.1 Å². The first kappa shape index (κ1) is 14.9. The van der Waals surface area contributed by atoms with Gasteiger partial charge in [0.25, 0.3) is 0 Å². The molecule has 0 bridgehead atoms. The second-order valence-corrected chi connectivity index (χ2v) is 3.69. The number of nitrogens with one attached hydrogen (secondary N) is 1. The second kappa shape index (κ2) is 6.66. The van der Waals surface area contributed by atoms with Crippen molar-refractivity contribution in [2.24, 2.45) is 5.73 Å². The minimum atomic E-state index is 0. The number of nitrogens with two attached hydrogens (primary N) is 1. The molecule has 0 radical (unpaired) electrons. The van der Waals surface area contributed by atoms with Gasteiger partial charge in [-0.15, -0.1) is 12.4 Å². The molecule has 4 nitrogen and oxygen atoms in total. The number of benzene rings is 2. The van der Waals surface area contributed by atoms with Crippen molar-refractivity contribution in [2.45, 2.75) is 0 Å². The molecule has 3 N–H and O–H groups in total. The molecule has 0 aliphatic heterocycles. The van der Waals surface area contributed by atoms with Crippen LogP contribution in [0.25, 0.3) is 0 Å². The molecule has 5 heteroatoms. The zero-order valence-corrected chi connectivity index (χ0v) is 11.2. The van der Waals surface area contributed by atoms with E-state index >= 15 is 0 Å². The number of rotatable bonds is 4. The van der Waals surface area contributed by atoms with Crippen LogP contribution in [0.15, 0.2) is 48.5 Å². The average Bonchev–Trinajstić information content (AvgIpc) is 2.40. The third-order valence-electron chi connectivity index (χ3n) is 2.46. The van der Waals surface area contributed by atoms with Crippen LogP contribution in [0.1, 0.15) is 5.56 Å². The molecule has 19 heavy (non-hydrogen) atoms. The smallest absolute Gasteiger partial charge is 0.169 e. The van der Waals surface area contributed by atoms with Gasteiger partial charge in [0.2, 0.25) is 0 Å². The van der Waals surface area contributed by atoms with Gasteiger partial charge in [0, 0.05) is 5.56 Å². The van der Waals surface area contributed by atoms with Crippen LogP contribution >= 0.6 is 12.4 Å².